The number of hydrogen-bond acceptors (Lipinski definition) is 6. The molecule has 2 aromatic rings. The second kappa shape index (κ2) is 10.3. The third kappa shape index (κ3) is 6.30. The van der Waals surface area contributed by atoms with Gasteiger partial charge in [0.1, 0.15) is 0 Å². The van der Waals surface area contributed by atoms with Gasteiger partial charge in [-0.3, -0.25) is 9.59 Å². The van der Waals surface area contributed by atoms with Crippen molar-refractivity contribution in [1.82, 2.24) is 4.31 Å². The van der Waals surface area contributed by atoms with E-state index in [1.54, 1.807) is 31.2 Å². The predicted octanol–water partition coefficient (Wildman–Crippen LogP) is 2.71. The Balaban J connectivity index is 1.62. The second-order valence-corrected chi connectivity index (χ2v) is 9.99. The number of carbonyl (C=O) groups is 2. The number of nitrogens with zero attached hydrogens (tertiary/aromatic N) is 1. The Kier molecular flexibility index (Phi) is 7.71. The summed E-state index contributed by atoms with van der Waals surface area (Å²) in [6.07, 6.45) is 0. The number of ether oxygens (including phenoxy) is 1. The first-order chi connectivity index (χ1) is 14.8. The van der Waals surface area contributed by atoms with E-state index >= 15 is 0 Å². The van der Waals surface area contributed by atoms with Gasteiger partial charge in [-0.05, 0) is 48.9 Å². The van der Waals surface area contributed by atoms with Crippen LogP contribution in [0.1, 0.15) is 12.5 Å². The standard InChI is InChI=1S/C21H25N3O5S2/c1-15-3-4-18(13-20(15)31(27,28)24-9-11-29-12-10-24)23-21(26)14-30-19-7-5-17(6-8-19)22-16(2)25/h3-8,13H,9-12,14H2,1-2H3,(H,22,25)(H,23,26). The van der Waals surface area contributed by atoms with E-state index in [-0.39, 0.29) is 22.5 Å². The van der Waals surface area contributed by atoms with Crippen molar-refractivity contribution in [1.29, 1.82) is 0 Å². The van der Waals surface area contributed by atoms with Gasteiger partial charge in [0.25, 0.3) is 0 Å². The lowest BCUT2D eigenvalue weighted by Gasteiger charge is -2.26. The fraction of sp³-hybridized carbons (Fsp3) is 0.333. The quantitative estimate of drug-likeness (QED) is 0.612. The van der Waals surface area contributed by atoms with Crippen LogP contribution in [0.25, 0.3) is 0 Å². The van der Waals surface area contributed by atoms with E-state index in [0.717, 1.165) is 4.90 Å². The summed E-state index contributed by atoms with van der Waals surface area (Å²) in [6.45, 7) is 4.55. The van der Waals surface area contributed by atoms with Crippen LogP contribution in [0.2, 0.25) is 0 Å². The molecule has 0 spiro atoms. The molecule has 2 amide bonds. The third-order valence-electron chi connectivity index (χ3n) is 4.60. The maximum absolute atomic E-state index is 13.0. The Labute approximate surface area is 186 Å². The Morgan fingerprint density at radius 1 is 1.03 bits per heavy atom. The highest BCUT2D eigenvalue weighted by Gasteiger charge is 2.28. The number of morpholine rings is 1. The normalized spacial score (nSPS) is 14.8. The average Bonchev–Trinajstić information content (AvgIpc) is 2.75. The number of anilines is 2. The van der Waals surface area contributed by atoms with Crippen LogP contribution in [0.15, 0.2) is 52.3 Å². The van der Waals surface area contributed by atoms with Crippen molar-refractivity contribution in [3.63, 3.8) is 0 Å². The molecule has 0 saturated carbocycles. The third-order valence-corrected chi connectivity index (χ3v) is 7.66. The monoisotopic (exact) mass is 463 g/mol. The molecule has 31 heavy (non-hydrogen) atoms. The number of thioether (sulfide) groups is 1. The van der Waals surface area contributed by atoms with Gasteiger partial charge in [0.2, 0.25) is 21.8 Å². The number of amides is 2. The lowest BCUT2D eigenvalue weighted by atomic mass is 10.2. The molecule has 166 valence electrons. The maximum atomic E-state index is 13.0. The highest BCUT2D eigenvalue weighted by Crippen LogP contribution is 2.25. The number of sulfonamides is 1. The molecule has 8 nitrogen and oxygen atoms in total. The summed E-state index contributed by atoms with van der Waals surface area (Å²) in [5.41, 5.74) is 1.75. The topological polar surface area (TPSA) is 105 Å². The SMILES string of the molecule is CC(=O)Nc1ccc(SCC(=O)Nc2ccc(C)c(S(=O)(=O)N3CCOCC3)c2)cc1. The molecule has 2 N–H and O–H groups in total. The molecule has 1 saturated heterocycles. The maximum Gasteiger partial charge on any atom is 0.243 e. The minimum absolute atomic E-state index is 0.145. The highest BCUT2D eigenvalue weighted by molar-refractivity contribution is 8.00. The van der Waals surface area contributed by atoms with Gasteiger partial charge in [0.15, 0.2) is 0 Å². The zero-order valence-electron chi connectivity index (χ0n) is 17.4. The van der Waals surface area contributed by atoms with Crippen LogP contribution in [-0.4, -0.2) is 56.6 Å². The van der Waals surface area contributed by atoms with E-state index in [2.05, 4.69) is 10.6 Å². The van der Waals surface area contributed by atoms with Gasteiger partial charge in [-0.2, -0.15) is 4.31 Å². The van der Waals surface area contributed by atoms with E-state index in [1.165, 1.54) is 29.1 Å². The molecule has 2 aromatic carbocycles. The summed E-state index contributed by atoms with van der Waals surface area (Å²) in [5.74, 6) is -0.221. The zero-order valence-corrected chi connectivity index (χ0v) is 19.0. The van der Waals surface area contributed by atoms with Crippen LogP contribution < -0.4 is 10.6 Å². The average molecular weight is 464 g/mol. The largest absolute Gasteiger partial charge is 0.379 e. The Morgan fingerprint density at radius 3 is 2.32 bits per heavy atom. The number of hydrogen-bond donors (Lipinski definition) is 2. The molecule has 10 heteroatoms. The van der Waals surface area contributed by atoms with E-state index in [4.69, 9.17) is 4.74 Å². The van der Waals surface area contributed by atoms with Crippen LogP contribution in [0.4, 0.5) is 11.4 Å². The van der Waals surface area contributed by atoms with Crippen molar-refractivity contribution in [3.8, 4) is 0 Å². The van der Waals surface area contributed by atoms with E-state index in [0.29, 0.717) is 43.2 Å². The molecule has 0 aromatic heterocycles. The van der Waals surface area contributed by atoms with Crippen LogP contribution >= 0.6 is 11.8 Å². The summed E-state index contributed by atoms with van der Waals surface area (Å²) in [4.78, 5) is 24.5. The van der Waals surface area contributed by atoms with Gasteiger partial charge in [-0.1, -0.05) is 6.07 Å². The molecule has 0 atom stereocenters. The van der Waals surface area contributed by atoms with Crippen molar-refractivity contribution < 1.29 is 22.7 Å². The van der Waals surface area contributed by atoms with Crippen molar-refractivity contribution >= 4 is 45.0 Å². The molecule has 0 aliphatic carbocycles. The van der Waals surface area contributed by atoms with Crippen molar-refractivity contribution in [2.24, 2.45) is 0 Å². The smallest absolute Gasteiger partial charge is 0.243 e. The van der Waals surface area contributed by atoms with Gasteiger partial charge in [0.05, 0.1) is 23.9 Å². The number of nitrogens with one attached hydrogen (secondary N) is 2. The van der Waals surface area contributed by atoms with Gasteiger partial charge >= 0.3 is 0 Å². The Morgan fingerprint density at radius 2 is 1.68 bits per heavy atom. The Bertz CT molecular complexity index is 1050. The van der Waals surface area contributed by atoms with Gasteiger partial charge in [-0.25, -0.2) is 8.42 Å². The van der Waals surface area contributed by atoms with Crippen LogP contribution in [-0.2, 0) is 24.3 Å². The molecule has 1 aliphatic heterocycles. The fourth-order valence-electron chi connectivity index (χ4n) is 3.07. The molecule has 0 unspecified atom stereocenters. The lowest BCUT2D eigenvalue weighted by molar-refractivity contribution is -0.114. The minimum Gasteiger partial charge on any atom is -0.379 e. The molecular weight excluding hydrogens is 438 g/mol. The van der Waals surface area contributed by atoms with Gasteiger partial charge in [-0.15, -0.1) is 11.8 Å². The van der Waals surface area contributed by atoms with Crippen LogP contribution in [0.5, 0.6) is 0 Å². The molecule has 0 bridgehead atoms. The summed E-state index contributed by atoms with van der Waals surface area (Å²) in [6, 6.07) is 12.1. The first kappa shape index (κ1) is 23.3. The summed E-state index contributed by atoms with van der Waals surface area (Å²) in [7, 11) is -3.65. The Hall–Kier alpha value is -2.40. The minimum atomic E-state index is -3.65. The number of aryl methyl sites for hydroxylation is 1. The number of carbonyl (C=O) groups excluding carboxylic acids is 2. The van der Waals surface area contributed by atoms with Crippen LogP contribution in [0.3, 0.4) is 0 Å². The molecular formula is C21H25N3O5S2. The first-order valence-electron chi connectivity index (χ1n) is 9.74. The second-order valence-electron chi connectivity index (χ2n) is 7.04. The summed E-state index contributed by atoms with van der Waals surface area (Å²) >= 11 is 1.35. The van der Waals surface area contributed by atoms with Gasteiger partial charge in [0, 0.05) is 36.3 Å². The fourth-order valence-corrected chi connectivity index (χ4v) is 5.42. The zero-order chi connectivity index (χ0) is 22.4. The molecule has 3 rings (SSSR count). The van der Waals surface area contributed by atoms with Gasteiger partial charge < -0.3 is 15.4 Å². The van der Waals surface area contributed by atoms with Crippen molar-refractivity contribution in [2.75, 3.05) is 42.7 Å². The molecule has 1 aliphatic rings. The molecule has 0 radical (unpaired) electrons. The van der Waals surface area contributed by atoms with E-state index < -0.39 is 10.0 Å². The van der Waals surface area contributed by atoms with Crippen LogP contribution in [0, 0.1) is 6.92 Å². The lowest BCUT2D eigenvalue weighted by Crippen LogP contribution is -2.40. The first-order valence-corrected chi connectivity index (χ1v) is 12.2. The summed E-state index contributed by atoms with van der Waals surface area (Å²) < 4.78 is 32.6. The van der Waals surface area contributed by atoms with Crippen molar-refractivity contribution in [2.45, 2.75) is 23.6 Å². The molecule has 1 fully saturated rings. The molecule has 1 heterocycles. The van der Waals surface area contributed by atoms with E-state index in [9.17, 15) is 18.0 Å². The summed E-state index contributed by atoms with van der Waals surface area (Å²) in [5, 5.41) is 5.46. The number of benzene rings is 2. The highest BCUT2D eigenvalue weighted by atomic mass is 32.2. The number of rotatable bonds is 7. The van der Waals surface area contributed by atoms with Crippen molar-refractivity contribution in [3.05, 3.63) is 48.0 Å². The predicted molar refractivity (Wildman–Crippen MR) is 121 cm³/mol. The van der Waals surface area contributed by atoms with E-state index in [1.807, 2.05) is 12.1 Å².